The molecule has 0 aliphatic carbocycles. The molecule has 1 atom stereocenters. The molecule has 0 amide bonds. The molecule has 6 nitrogen and oxygen atoms in total. The van der Waals surface area contributed by atoms with Crippen LogP contribution in [0, 0.1) is 0 Å². The van der Waals surface area contributed by atoms with Crippen molar-refractivity contribution in [2.24, 2.45) is 0 Å². The number of ether oxygens (including phenoxy) is 2. The molecule has 7 heteroatoms. The van der Waals surface area contributed by atoms with Crippen LogP contribution in [0.1, 0.15) is 12.0 Å². The van der Waals surface area contributed by atoms with Gasteiger partial charge in [0.25, 0.3) is 0 Å². The van der Waals surface area contributed by atoms with Gasteiger partial charge in [0.2, 0.25) is 0 Å². The molecule has 0 radical (unpaired) electrons. The predicted octanol–water partition coefficient (Wildman–Crippen LogP) is 1.36. The Labute approximate surface area is 122 Å². The number of rotatable bonds is 5. The summed E-state index contributed by atoms with van der Waals surface area (Å²) in [5.41, 5.74) is 0.653. The lowest BCUT2D eigenvalue weighted by molar-refractivity contribution is -0.131. The van der Waals surface area contributed by atoms with E-state index in [0.717, 1.165) is 6.08 Å². The van der Waals surface area contributed by atoms with Gasteiger partial charge in [-0.2, -0.15) is 0 Å². The van der Waals surface area contributed by atoms with E-state index in [9.17, 15) is 13.2 Å². The highest BCUT2D eigenvalue weighted by molar-refractivity contribution is 7.91. The summed E-state index contributed by atoms with van der Waals surface area (Å²) in [6.45, 7) is 0. The second kappa shape index (κ2) is 6.17. The molecule has 1 aliphatic rings. The summed E-state index contributed by atoms with van der Waals surface area (Å²) in [6, 6.07) is 4.96. The smallest absolute Gasteiger partial charge is 0.328 e. The van der Waals surface area contributed by atoms with Crippen molar-refractivity contribution < 1.29 is 27.8 Å². The van der Waals surface area contributed by atoms with E-state index in [1.54, 1.807) is 18.2 Å². The first-order valence-corrected chi connectivity index (χ1v) is 8.18. The Balaban J connectivity index is 2.15. The van der Waals surface area contributed by atoms with Crippen LogP contribution in [0.15, 0.2) is 24.3 Å². The van der Waals surface area contributed by atoms with E-state index in [1.807, 2.05) is 0 Å². The number of carboxylic acid groups (broad SMARTS) is 1. The minimum Gasteiger partial charge on any atom is -0.493 e. The Morgan fingerprint density at radius 2 is 2.14 bits per heavy atom. The van der Waals surface area contributed by atoms with Gasteiger partial charge in [-0.05, 0) is 30.2 Å². The van der Waals surface area contributed by atoms with E-state index >= 15 is 0 Å². The zero-order valence-electron chi connectivity index (χ0n) is 11.5. The Morgan fingerprint density at radius 1 is 1.38 bits per heavy atom. The summed E-state index contributed by atoms with van der Waals surface area (Å²) < 4.78 is 33.7. The largest absolute Gasteiger partial charge is 0.493 e. The molecule has 0 bridgehead atoms. The first-order chi connectivity index (χ1) is 9.89. The third-order valence-electron chi connectivity index (χ3n) is 3.09. The van der Waals surface area contributed by atoms with Gasteiger partial charge in [0, 0.05) is 6.08 Å². The number of carboxylic acids is 1. The highest BCUT2D eigenvalue weighted by Gasteiger charge is 2.29. The van der Waals surface area contributed by atoms with Crippen LogP contribution < -0.4 is 9.47 Å². The molecule has 0 spiro atoms. The van der Waals surface area contributed by atoms with Gasteiger partial charge in [0.05, 0.1) is 18.6 Å². The monoisotopic (exact) mass is 312 g/mol. The summed E-state index contributed by atoms with van der Waals surface area (Å²) >= 11 is 0. The molecule has 1 fully saturated rings. The predicted molar refractivity (Wildman–Crippen MR) is 77.4 cm³/mol. The number of aliphatic carboxylic acids is 1. The molecule has 2 rings (SSSR count). The van der Waals surface area contributed by atoms with Crippen molar-refractivity contribution in [1.29, 1.82) is 0 Å². The van der Waals surface area contributed by atoms with E-state index in [4.69, 9.17) is 14.6 Å². The van der Waals surface area contributed by atoms with Gasteiger partial charge in [-0.1, -0.05) is 6.07 Å². The van der Waals surface area contributed by atoms with Crippen LogP contribution in [-0.4, -0.2) is 44.2 Å². The van der Waals surface area contributed by atoms with Crippen molar-refractivity contribution in [3.8, 4) is 11.5 Å². The topological polar surface area (TPSA) is 89.9 Å². The molecule has 1 aromatic rings. The molecule has 114 valence electrons. The van der Waals surface area contributed by atoms with Crippen molar-refractivity contribution in [2.75, 3.05) is 18.6 Å². The molecular weight excluding hydrogens is 296 g/mol. The minimum atomic E-state index is -3.00. The third-order valence-corrected chi connectivity index (χ3v) is 4.83. The Bertz CT molecular complexity index is 662. The standard InChI is InChI=1S/C14H16O6S/c1-19-13-8-10(3-5-14(15)16)2-4-12(13)20-11-6-7-21(17,18)9-11/h2-5,8,11H,6-7,9H2,1H3,(H,15,16)/b5-3+. The fraction of sp³-hybridized carbons (Fsp3) is 0.357. The molecular formula is C14H16O6S. The quantitative estimate of drug-likeness (QED) is 0.826. The van der Waals surface area contributed by atoms with Gasteiger partial charge in [0.15, 0.2) is 21.3 Å². The number of sulfone groups is 1. The SMILES string of the molecule is COc1cc(/C=C/C(=O)O)ccc1OC1CCS(=O)(=O)C1. The Kier molecular flexibility index (Phi) is 4.52. The first kappa shape index (κ1) is 15.4. The van der Waals surface area contributed by atoms with Crippen LogP contribution in [0.25, 0.3) is 6.08 Å². The van der Waals surface area contributed by atoms with Crippen LogP contribution in [0.2, 0.25) is 0 Å². The molecule has 21 heavy (non-hydrogen) atoms. The Morgan fingerprint density at radius 3 is 2.71 bits per heavy atom. The molecule has 1 aliphatic heterocycles. The molecule has 0 saturated carbocycles. The molecule has 1 aromatic carbocycles. The minimum absolute atomic E-state index is 0.0107. The summed E-state index contributed by atoms with van der Waals surface area (Å²) in [4.78, 5) is 10.5. The van der Waals surface area contributed by atoms with Crippen molar-refractivity contribution >= 4 is 21.9 Å². The van der Waals surface area contributed by atoms with E-state index in [0.29, 0.717) is 23.5 Å². The van der Waals surface area contributed by atoms with E-state index in [1.165, 1.54) is 13.2 Å². The molecule has 1 saturated heterocycles. The number of carbonyl (C=O) groups is 1. The molecule has 0 aromatic heterocycles. The summed E-state index contributed by atoms with van der Waals surface area (Å²) in [5, 5.41) is 8.60. The fourth-order valence-electron chi connectivity index (χ4n) is 2.09. The molecule has 1 unspecified atom stereocenters. The summed E-state index contributed by atoms with van der Waals surface area (Å²) in [5.74, 6) is 0.000311. The van der Waals surface area contributed by atoms with Crippen molar-refractivity contribution in [1.82, 2.24) is 0 Å². The Hall–Kier alpha value is -2.02. The zero-order valence-corrected chi connectivity index (χ0v) is 12.3. The normalized spacial score (nSPS) is 20.5. The fourth-order valence-corrected chi connectivity index (χ4v) is 3.68. The highest BCUT2D eigenvalue weighted by atomic mass is 32.2. The van der Waals surface area contributed by atoms with E-state index in [2.05, 4.69) is 0 Å². The third kappa shape index (κ3) is 4.22. The molecule has 1 heterocycles. The maximum atomic E-state index is 11.4. The lowest BCUT2D eigenvalue weighted by atomic mass is 10.2. The van der Waals surface area contributed by atoms with Gasteiger partial charge < -0.3 is 14.6 Å². The van der Waals surface area contributed by atoms with Gasteiger partial charge in [-0.3, -0.25) is 0 Å². The second-order valence-corrected chi connectivity index (χ2v) is 6.95. The van der Waals surface area contributed by atoms with E-state index < -0.39 is 15.8 Å². The zero-order chi connectivity index (χ0) is 15.5. The summed E-state index contributed by atoms with van der Waals surface area (Å²) in [7, 11) is -1.53. The van der Waals surface area contributed by atoms with Gasteiger partial charge in [-0.25, -0.2) is 13.2 Å². The van der Waals surface area contributed by atoms with E-state index in [-0.39, 0.29) is 17.6 Å². The first-order valence-electron chi connectivity index (χ1n) is 6.36. The van der Waals surface area contributed by atoms with Crippen molar-refractivity contribution in [3.05, 3.63) is 29.8 Å². The van der Waals surface area contributed by atoms with Crippen molar-refractivity contribution in [2.45, 2.75) is 12.5 Å². The number of hydrogen-bond donors (Lipinski definition) is 1. The van der Waals surface area contributed by atoms with Gasteiger partial charge in [-0.15, -0.1) is 0 Å². The molecule has 1 N–H and O–H groups in total. The van der Waals surface area contributed by atoms with Crippen LogP contribution >= 0.6 is 0 Å². The average Bonchev–Trinajstić information content (AvgIpc) is 2.76. The van der Waals surface area contributed by atoms with Crippen molar-refractivity contribution in [3.63, 3.8) is 0 Å². The number of benzene rings is 1. The number of methoxy groups -OCH3 is 1. The maximum Gasteiger partial charge on any atom is 0.328 e. The van der Waals surface area contributed by atoms with Gasteiger partial charge in [0.1, 0.15) is 6.10 Å². The van der Waals surface area contributed by atoms with Crippen LogP contribution in [0.3, 0.4) is 0 Å². The number of hydrogen-bond acceptors (Lipinski definition) is 5. The lowest BCUT2D eigenvalue weighted by Gasteiger charge is -2.15. The van der Waals surface area contributed by atoms with Crippen LogP contribution in [0.4, 0.5) is 0 Å². The van der Waals surface area contributed by atoms with Gasteiger partial charge >= 0.3 is 5.97 Å². The van der Waals surface area contributed by atoms with Crippen LogP contribution in [0.5, 0.6) is 11.5 Å². The average molecular weight is 312 g/mol. The van der Waals surface area contributed by atoms with Crippen LogP contribution in [-0.2, 0) is 14.6 Å². The lowest BCUT2D eigenvalue weighted by Crippen LogP contribution is -2.18. The second-order valence-electron chi connectivity index (χ2n) is 4.72. The summed E-state index contributed by atoms with van der Waals surface area (Å²) in [6.07, 6.45) is 2.56. The highest BCUT2D eigenvalue weighted by Crippen LogP contribution is 2.31. The maximum absolute atomic E-state index is 11.4.